The summed E-state index contributed by atoms with van der Waals surface area (Å²) in [7, 11) is 3.83. The molecule has 0 spiro atoms. The van der Waals surface area contributed by atoms with Crippen molar-refractivity contribution in [3.05, 3.63) is 27.8 Å². The van der Waals surface area contributed by atoms with Crippen LogP contribution in [0.3, 0.4) is 0 Å². The SMILES string of the molecule is COC(=O)CCCc1oc(=O)cc(OC)c1C(=O)OC. The van der Waals surface area contributed by atoms with Crippen molar-refractivity contribution in [3.8, 4) is 5.75 Å². The van der Waals surface area contributed by atoms with Crippen molar-refractivity contribution in [2.24, 2.45) is 0 Å². The second-order valence-electron chi connectivity index (χ2n) is 3.85. The second-order valence-corrected chi connectivity index (χ2v) is 3.85. The van der Waals surface area contributed by atoms with E-state index in [2.05, 4.69) is 9.47 Å². The maximum atomic E-state index is 11.7. The Labute approximate surface area is 115 Å². The number of rotatable bonds is 6. The number of methoxy groups -OCH3 is 3. The number of ether oxygens (including phenoxy) is 3. The van der Waals surface area contributed by atoms with Gasteiger partial charge in [0.15, 0.2) is 0 Å². The standard InChI is InChI=1S/C13H16O7/c1-17-9-7-11(15)20-8(12(9)13(16)19-3)5-4-6-10(14)18-2/h7H,4-6H2,1-3H3. The van der Waals surface area contributed by atoms with Gasteiger partial charge in [-0.2, -0.15) is 0 Å². The highest BCUT2D eigenvalue weighted by molar-refractivity contribution is 5.93. The first-order chi connectivity index (χ1) is 9.53. The summed E-state index contributed by atoms with van der Waals surface area (Å²) >= 11 is 0. The molecule has 0 atom stereocenters. The molecule has 0 aromatic carbocycles. The molecule has 0 fully saturated rings. The number of hydrogen-bond donors (Lipinski definition) is 0. The smallest absolute Gasteiger partial charge is 0.345 e. The Hall–Kier alpha value is -2.31. The fourth-order valence-corrected chi connectivity index (χ4v) is 1.67. The van der Waals surface area contributed by atoms with E-state index < -0.39 is 11.6 Å². The topological polar surface area (TPSA) is 92.0 Å². The molecule has 0 radical (unpaired) electrons. The Morgan fingerprint density at radius 2 is 1.90 bits per heavy atom. The first-order valence-corrected chi connectivity index (χ1v) is 5.89. The van der Waals surface area contributed by atoms with E-state index in [0.29, 0.717) is 6.42 Å². The van der Waals surface area contributed by atoms with E-state index in [0.717, 1.165) is 6.07 Å². The molecule has 0 aliphatic rings. The fraction of sp³-hybridized carbons (Fsp3) is 0.462. The van der Waals surface area contributed by atoms with Gasteiger partial charge in [0.05, 0.1) is 27.4 Å². The van der Waals surface area contributed by atoms with E-state index in [4.69, 9.17) is 9.15 Å². The van der Waals surface area contributed by atoms with E-state index in [1.54, 1.807) is 0 Å². The summed E-state index contributed by atoms with van der Waals surface area (Å²) in [4.78, 5) is 34.2. The molecule has 1 aromatic heterocycles. The van der Waals surface area contributed by atoms with Gasteiger partial charge in [0.1, 0.15) is 17.1 Å². The van der Waals surface area contributed by atoms with Crippen LogP contribution in [0.15, 0.2) is 15.3 Å². The van der Waals surface area contributed by atoms with Crippen molar-refractivity contribution >= 4 is 11.9 Å². The molecule has 0 N–H and O–H groups in total. The zero-order valence-corrected chi connectivity index (χ0v) is 11.6. The quantitative estimate of drug-likeness (QED) is 0.717. The monoisotopic (exact) mass is 284 g/mol. The Morgan fingerprint density at radius 3 is 2.45 bits per heavy atom. The third-order valence-corrected chi connectivity index (χ3v) is 2.62. The highest BCUT2D eigenvalue weighted by atomic mass is 16.5. The second kappa shape index (κ2) is 7.32. The van der Waals surface area contributed by atoms with Gasteiger partial charge in [-0.05, 0) is 6.42 Å². The van der Waals surface area contributed by atoms with Gasteiger partial charge in [0.2, 0.25) is 0 Å². The number of carbonyl (C=O) groups is 2. The van der Waals surface area contributed by atoms with E-state index in [9.17, 15) is 14.4 Å². The number of aryl methyl sites for hydroxylation is 1. The van der Waals surface area contributed by atoms with Crippen molar-refractivity contribution in [2.45, 2.75) is 19.3 Å². The molecule has 0 aliphatic carbocycles. The van der Waals surface area contributed by atoms with Crippen molar-refractivity contribution in [1.82, 2.24) is 0 Å². The molecule has 20 heavy (non-hydrogen) atoms. The lowest BCUT2D eigenvalue weighted by atomic mass is 10.1. The van der Waals surface area contributed by atoms with E-state index in [-0.39, 0.29) is 35.9 Å². The molecule has 7 heteroatoms. The third-order valence-electron chi connectivity index (χ3n) is 2.62. The number of carbonyl (C=O) groups excluding carboxylic acids is 2. The van der Waals surface area contributed by atoms with Gasteiger partial charge in [0.25, 0.3) is 0 Å². The predicted octanol–water partition coefficient (Wildman–Crippen LogP) is 0.931. The maximum absolute atomic E-state index is 11.7. The summed E-state index contributed by atoms with van der Waals surface area (Å²) < 4.78 is 19.1. The molecule has 0 amide bonds. The summed E-state index contributed by atoms with van der Waals surface area (Å²) in [6.45, 7) is 0. The molecule has 1 rings (SSSR count). The molecule has 7 nitrogen and oxygen atoms in total. The summed E-state index contributed by atoms with van der Waals surface area (Å²) in [6.07, 6.45) is 0.733. The molecule has 110 valence electrons. The highest BCUT2D eigenvalue weighted by Crippen LogP contribution is 2.22. The van der Waals surface area contributed by atoms with Crippen LogP contribution in [-0.4, -0.2) is 33.3 Å². The molecule has 1 heterocycles. The molecular weight excluding hydrogens is 268 g/mol. The van der Waals surface area contributed by atoms with Gasteiger partial charge in [-0.1, -0.05) is 0 Å². The van der Waals surface area contributed by atoms with E-state index >= 15 is 0 Å². The minimum absolute atomic E-state index is 0.0551. The summed E-state index contributed by atoms with van der Waals surface area (Å²) in [5.74, 6) is -0.834. The van der Waals surface area contributed by atoms with Crippen LogP contribution in [0.2, 0.25) is 0 Å². The van der Waals surface area contributed by atoms with E-state index in [1.807, 2.05) is 0 Å². The van der Waals surface area contributed by atoms with Crippen LogP contribution in [0.5, 0.6) is 5.75 Å². The molecule has 0 saturated carbocycles. The van der Waals surface area contributed by atoms with Gasteiger partial charge in [-0.15, -0.1) is 0 Å². The number of esters is 2. The summed E-state index contributed by atoms with van der Waals surface area (Å²) in [5, 5.41) is 0. The van der Waals surface area contributed by atoms with Crippen LogP contribution in [0.25, 0.3) is 0 Å². The molecule has 0 aliphatic heterocycles. The Kier molecular flexibility index (Phi) is 5.76. The third kappa shape index (κ3) is 3.84. The van der Waals surface area contributed by atoms with Crippen molar-refractivity contribution in [1.29, 1.82) is 0 Å². The van der Waals surface area contributed by atoms with Gasteiger partial charge >= 0.3 is 17.6 Å². The maximum Gasteiger partial charge on any atom is 0.345 e. The molecule has 1 aromatic rings. The van der Waals surface area contributed by atoms with Crippen LogP contribution in [-0.2, 0) is 20.7 Å². The lowest BCUT2D eigenvalue weighted by molar-refractivity contribution is -0.140. The van der Waals surface area contributed by atoms with Crippen LogP contribution in [0.1, 0.15) is 29.0 Å². The molecular formula is C13H16O7. The minimum atomic E-state index is -0.668. The van der Waals surface area contributed by atoms with Gasteiger partial charge in [-0.25, -0.2) is 9.59 Å². The molecule has 0 unspecified atom stereocenters. The zero-order valence-electron chi connectivity index (χ0n) is 11.6. The van der Waals surface area contributed by atoms with Gasteiger partial charge in [0, 0.05) is 12.8 Å². The van der Waals surface area contributed by atoms with Gasteiger partial charge in [-0.3, -0.25) is 4.79 Å². The Bertz CT molecular complexity index is 544. The average molecular weight is 284 g/mol. The molecule has 0 saturated heterocycles. The van der Waals surface area contributed by atoms with Crippen molar-refractivity contribution < 1.29 is 28.2 Å². The Balaban J connectivity index is 3.03. The van der Waals surface area contributed by atoms with Gasteiger partial charge < -0.3 is 18.6 Å². The van der Waals surface area contributed by atoms with E-state index in [1.165, 1.54) is 21.3 Å². The predicted molar refractivity (Wildman–Crippen MR) is 67.8 cm³/mol. The largest absolute Gasteiger partial charge is 0.495 e. The lowest BCUT2D eigenvalue weighted by Crippen LogP contribution is -2.13. The fourth-order valence-electron chi connectivity index (χ4n) is 1.67. The lowest BCUT2D eigenvalue weighted by Gasteiger charge is -2.10. The first kappa shape index (κ1) is 15.7. The summed E-state index contributed by atoms with van der Waals surface area (Å²) in [6, 6.07) is 1.07. The summed E-state index contributed by atoms with van der Waals surface area (Å²) in [5.41, 5.74) is -0.581. The Morgan fingerprint density at radius 1 is 1.20 bits per heavy atom. The first-order valence-electron chi connectivity index (χ1n) is 5.89. The van der Waals surface area contributed by atoms with Crippen LogP contribution in [0, 0.1) is 0 Å². The van der Waals surface area contributed by atoms with Crippen LogP contribution >= 0.6 is 0 Å². The minimum Gasteiger partial charge on any atom is -0.495 e. The number of hydrogen-bond acceptors (Lipinski definition) is 7. The van der Waals surface area contributed by atoms with Crippen molar-refractivity contribution in [2.75, 3.05) is 21.3 Å². The van der Waals surface area contributed by atoms with Crippen molar-refractivity contribution in [3.63, 3.8) is 0 Å². The van der Waals surface area contributed by atoms with Crippen LogP contribution in [0.4, 0.5) is 0 Å². The van der Waals surface area contributed by atoms with Crippen LogP contribution < -0.4 is 10.4 Å². The highest BCUT2D eigenvalue weighted by Gasteiger charge is 2.21. The average Bonchev–Trinajstić information content (AvgIpc) is 2.45. The molecule has 0 bridgehead atoms. The zero-order chi connectivity index (χ0) is 15.1. The normalized spacial score (nSPS) is 9.95.